The molecule has 0 fully saturated rings. The van der Waals surface area contributed by atoms with Gasteiger partial charge in [0.05, 0.1) is 0 Å². The molecule has 2 aromatic rings. The maximum atomic E-state index is 12.9. The van der Waals surface area contributed by atoms with Gasteiger partial charge >= 0.3 is 140 Å². The van der Waals surface area contributed by atoms with Crippen molar-refractivity contribution in [2.45, 2.75) is 19.4 Å². The van der Waals surface area contributed by atoms with Crippen LogP contribution in [0.3, 0.4) is 0 Å². The summed E-state index contributed by atoms with van der Waals surface area (Å²) < 4.78 is 8.03. The fraction of sp³-hybridized carbons (Fsp3) is 0.222. The zero-order chi connectivity index (χ0) is 15.5. The predicted molar refractivity (Wildman–Crippen MR) is 84.4 cm³/mol. The van der Waals surface area contributed by atoms with E-state index in [1.165, 1.54) is 0 Å². The van der Waals surface area contributed by atoms with Crippen LogP contribution < -0.4 is 9.64 Å². The Bertz CT molecular complexity index is 699. The van der Waals surface area contributed by atoms with E-state index in [4.69, 9.17) is 4.74 Å². The van der Waals surface area contributed by atoms with E-state index in [0.29, 0.717) is 12.1 Å². The van der Waals surface area contributed by atoms with Crippen LogP contribution in [0.25, 0.3) is 0 Å². The first kappa shape index (κ1) is 15.1. The second-order valence-corrected chi connectivity index (χ2v) is 5.73. The van der Waals surface area contributed by atoms with E-state index < -0.39 is 0 Å². The van der Waals surface area contributed by atoms with Crippen molar-refractivity contribution in [2.24, 2.45) is 0 Å². The third-order valence-electron chi connectivity index (χ3n) is 3.82. The van der Waals surface area contributed by atoms with Gasteiger partial charge in [-0.3, -0.25) is 0 Å². The van der Waals surface area contributed by atoms with Crippen LogP contribution >= 0.6 is 0 Å². The Morgan fingerprint density at radius 3 is 2.73 bits per heavy atom. The van der Waals surface area contributed by atoms with Gasteiger partial charge in [-0.15, -0.1) is 0 Å². The average molecular weight is 380 g/mol. The number of benzene rings is 2. The molecule has 0 saturated heterocycles. The van der Waals surface area contributed by atoms with E-state index in [1.807, 2.05) is 58.0 Å². The van der Waals surface area contributed by atoms with Crippen molar-refractivity contribution >= 4 is 16.2 Å². The molecule has 1 aliphatic rings. The number of carbonyl (C=O) groups excluding carboxylic acids is 1. The number of para-hydroxylation sites is 1. The molecule has 0 N–H and O–H groups in total. The monoisotopic (exact) mass is 381 g/mol. The van der Waals surface area contributed by atoms with Gasteiger partial charge in [-0.05, 0) is 0 Å². The summed E-state index contributed by atoms with van der Waals surface area (Å²) in [5, 5.41) is 0. The van der Waals surface area contributed by atoms with Crippen LogP contribution in [0.1, 0.15) is 29.3 Å². The molecule has 1 unspecified atom stereocenters. The molecule has 0 spiro atoms. The third kappa shape index (κ3) is 2.76. The van der Waals surface area contributed by atoms with Crippen molar-refractivity contribution < 1.29 is 27.4 Å². The number of anilines is 1. The molecule has 0 saturated carbocycles. The van der Waals surface area contributed by atoms with Crippen molar-refractivity contribution in [1.82, 2.24) is 0 Å². The number of nitrogens with zero attached hydrogens (tertiary/aromatic N) is 1. The van der Waals surface area contributed by atoms with Crippen LogP contribution in [-0.4, -0.2) is 23.2 Å². The zero-order valence-corrected chi connectivity index (χ0v) is 14.0. The molecule has 1 amide bonds. The van der Waals surface area contributed by atoms with Gasteiger partial charge in [0, 0.05) is 0 Å². The topological polar surface area (TPSA) is 29.5 Å². The van der Waals surface area contributed by atoms with Gasteiger partial charge in [-0.2, -0.15) is 0 Å². The van der Waals surface area contributed by atoms with Crippen molar-refractivity contribution in [3.63, 3.8) is 0 Å². The molecule has 0 radical (unpaired) electrons. The molecule has 0 bridgehead atoms. The summed E-state index contributed by atoms with van der Waals surface area (Å²) in [5.74, 6) is 0.814. The zero-order valence-electron chi connectivity index (χ0n) is 12.3. The Balaban J connectivity index is 2.05. The van der Waals surface area contributed by atoms with Gasteiger partial charge in [0.25, 0.3) is 0 Å². The van der Waals surface area contributed by atoms with Gasteiger partial charge in [-0.25, -0.2) is 0 Å². The number of hydrogen-bond acceptors (Lipinski definition) is 2. The molecular weight excluding hydrogens is 363 g/mol. The van der Waals surface area contributed by atoms with E-state index in [9.17, 15) is 4.79 Å². The number of amides is 1. The molecule has 1 aliphatic heterocycles. The van der Waals surface area contributed by atoms with Gasteiger partial charge in [-0.1, -0.05) is 0 Å². The number of rotatable bonds is 3. The fourth-order valence-electron chi connectivity index (χ4n) is 2.61. The first-order valence-electron chi connectivity index (χ1n) is 7.33. The van der Waals surface area contributed by atoms with Crippen LogP contribution in [0.4, 0.5) is 5.69 Å². The van der Waals surface area contributed by atoms with Gasteiger partial charge in [0.1, 0.15) is 0 Å². The second kappa shape index (κ2) is 6.54. The molecule has 2 aromatic carbocycles. The predicted octanol–water partition coefficient (Wildman–Crippen LogP) is 3.20. The van der Waals surface area contributed by atoms with Crippen LogP contribution in [0.5, 0.6) is 5.75 Å². The molecule has 113 valence electrons. The molecule has 1 heterocycles. The Morgan fingerprint density at radius 1 is 1.27 bits per heavy atom. The van der Waals surface area contributed by atoms with Gasteiger partial charge in [0.2, 0.25) is 0 Å². The molecule has 3 nitrogen and oxygen atoms in total. The second-order valence-electron chi connectivity index (χ2n) is 5.23. The van der Waals surface area contributed by atoms with Crippen LogP contribution in [0.15, 0.2) is 48.5 Å². The Labute approximate surface area is 140 Å². The van der Waals surface area contributed by atoms with E-state index in [1.54, 1.807) is 0 Å². The molecule has 0 aromatic heterocycles. The fourth-order valence-corrected chi connectivity index (χ4v) is 3.01. The van der Waals surface area contributed by atoms with Crippen LogP contribution in [-0.2, 0) is 17.9 Å². The summed E-state index contributed by atoms with van der Waals surface area (Å²) in [6.45, 7) is 2.66. The van der Waals surface area contributed by atoms with E-state index in [0.717, 1.165) is 23.4 Å². The molecule has 1 atom stereocenters. The van der Waals surface area contributed by atoms with Gasteiger partial charge < -0.3 is 0 Å². The maximum absolute atomic E-state index is 12.9. The van der Waals surface area contributed by atoms with Crippen molar-refractivity contribution in [3.8, 4) is 5.75 Å². The first-order valence-corrected chi connectivity index (χ1v) is 8.33. The SMILES string of the molecule is CCC1CN(C(=O)c2ccccc2)c2cccc([CH]=[Ru+])c2O1. The van der Waals surface area contributed by atoms with Gasteiger partial charge in [0.15, 0.2) is 0 Å². The first-order chi connectivity index (χ1) is 10.7. The summed E-state index contributed by atoms with van der Waals surface area (Å²) in [5.41, 5.74) is 2.54. The average Bonchev–Trinajstić information content (AvgIpc) is 2.60. The molecule has 4 heteroatoms. The van der Waals surface area contributed by atoms with Crippen molar-refractivity contribution in [1.29, 1.82) is 0 Å². The molecular formula is C18H17NO2Ru+. The number of ether oxygens (including phenoxy) is 1. The van der Waals surface area contributed by atoms with Crippen molar-refractivity contribution in [2.75, 3.05) is 11.4 Å². The number of fused-ring (bicyclic) bond motifs is 1. The summed E-state index contributed by atoms with van der Waals surface area (Å²) in [6.07, 6.45) is 0.887. The summed E-state index contributed by atoms with van der Waals surface area (Å²) in [7, 11) is 0. The Kier molecular flexibility index (Phi) is 4.49. The standard InChI is InChI=1S/C18H17NO2.Ru/c1-3-15-12-19(18(20)14-9-5-4-6-10-14)16-11-7-8-13(2)17(16)21-15;/h2,4-11,15H,3,12H2,1H3;/q;+1. The quantitative estimate of drug-likeness (QED) is 0.766. The number of carbonyl (C=O) groups is 1. The van der Waals surface area contributed by atoms with Crippen molar-refractivity contribution in [3.05, 3.63) is 59.7 Å². The minimum absolute atomic E-state index is 0.0191. The Hall–Kier alpha value is -1.80. The number of hydrogen-bond donors (Lipinski definition) is 0. The van der Waals surface area contributed by atoms with Crippen LogP contribution in [0.2, 0.25) is 0 Å². The summed E-state index contributed by atoms with van der Waals surface area (Å²) in [6, 6.07) is 15.3. The van der Waals surface area contributed by atoms with Crippen LogP contribution in [0, 0.1) is 0 Å². The van der Waals surface area contributed by atoms with E-state index in [-0.39, 0.29) is 12.0 Å². The molecule has 0 aliphatic carbocycles. The summed E-state index contributed by atoms with van der Waals surface area (Å²) in [4.78, 5) is 14.7. The Morgan fingerprint density at radius 2 is 2.05 bits per heavy atom. The molecule has 3 rings (SSSR count). The minimum atomic E-state index is 0.0191. The third-order valence-corrected chi connectivity index (χ3v) is 4.36. The van der Waals surface area contributed by atoms with E-state index in [2.05, 4.69) is 24.8 Å². The van der Waals surface area contributed by atoms with E-state index >= 15 is 0 Å². The summed E-state index contributed by atoms with van der Waals surface area (Å²) >= 11 is 2.50. The molecule has 22 heavy (non-hydrogen) atoms. The normalized spacial score (nSPS) is 16.6.